The fraction of sp³-hybridized carbons (Fsp3) is 0.292. The Hall–Kier alpha value is -2.99. The topological polar surface area (TPSA) is 53.1 Å². The van der Waals surface area contributed by atoms with Gasteiger partial charge in [0.05, 0.1) is 0 Å². The van der Waals surface area contributed by atoms with Crippen LogP contribution in [0, 0.1) is 0 Å². The lowest BCUT2D eigenvalue weighted by Gasteiger charge is -2.33. The van der Waals surface area contributed by atoms with Crippen LogP contribution in [0.25, 0.3) is 10.9 Å². The smallest absolute Gasteiger partial charge is 0.317 e. The molecule has 1 aliphatic rings. The molecule has 1 saturated heterocycles. The summed E-state index contributed by atoms with van der Waals surface area (Å²) in [7, 11) is 0. The van der Waals surface area contributed by atoms with E-state index in [-0.39, 0.29) is 11.9 Å². The van der Waals surface area contributed by atoms with E-state index in [1.54, 1.807) is 11.3 Å². The van der Waals surface area contributed by atoms with Crippen molar-refractivity contribution in [2.45, 2.75) is 24.8 Å². The van der Waals surface area contributed by atoms with Crippen LogP contribution >= 0.6 is 11.3 Å². The lowest BCUT2D eigenvalue weighted by Crippen LogP contribution is -2.45. The van der Waals surface area contributed by atoms with Crippen LogP contribution < -0.4 is 5.32 Å². The molecule has 5 rings (SSSR count). The molecular weight excluding hydrogens is 392 g/mol. The first-order valence-electron chi connectivity index (χ1n) is 10.5. The lowest BCUT2D eigenvalue weighted by atomic mass is 9.96. The van der Waals surface area contributed by atoms with Crippen LogP contribution in [0.2, 0.25) is 0 Å². The number of H-pyrrole nitrogens is 1. The molecule has 0 bridgehead atoms. The molecule has 1 aromatic carbocycles. The number of carbonyl (C=O) groups excluding carboxylic acids is 1. The van der Waals surface area contributed by atoms with Gasteiger partial charge in [0, 0.05) is 66.0 Å². The molecule has 0 spiro atoms. The number of para-hydroxylation sites is 1. The lowest BCUT2D eigenvalue weighted by molar-refractivity contribution is 0.171. The van der Waals surface area contributed by atoms with E-state index in [2.05, 4.69) is 81.3 Å². The third-order valence-corrected chi connectivity index (χ3v) is 7.13. The number of urea groups is 1. The van der Waals surface area contributed by atoms with Crippen LogP contribution in [0.3, 0.4) is 0 Å². The molecule has 1 unspecified atom stereocenters. The van der Waals surface area contributed by atoms with E-state index < -0.39 is 0 Å². The van der Waals surface area contributed by atoms with Gasteiger partial charge in [-0.2, -0.15) is 0 Å². The van der Waals surface area contributed by atoms with E-state index in [1.807, 2.05) is 11.0 Å². The minimum Gasteiger partial charge on any atom is -0.361 e. The maximum atomic E-state index is 12.9. The van der Waals surface area contributed by atoms with Crippen LogP contribution in [0.5, 0.6) is 0 Å². The Morgan fingerprint density at radius 2 is 1.90 bits per heavy atom. The van der Waals surface area contributed by atoms with Crippen molar-refractivity contribution < 1.29 is 4.79 Å². The van der Waals surface area contributed by atoms with Crippen molar-refractivity contribution in [3.05, 3.63) is 82.9 Å². The Morgan fingerprint density at radius 1 is 1.10 bits per heavy atom. The highest BCUT2D eigenvalue weighted by Crippen LogP contribution is 2.33. The minimum absolute atomic E-state index is 0.0438. The molecule has 4 heterocycles. The molecule has 6 heteroatoms. The highest BCUT2D eigenvalue weighted by Gasteiger charge is 2.25. The van der Waals surface area contributed by atoms with Gasteiger partial charge in [-0.05, 0) is 48.1 Å². The predicted molar refractivity (Wildman–Crippen MR) is 122 cm³/mol. The number of benzene rings is 1. The molecule has 2 amide bonds. The van der Waals surface area contributed by atoms with Crippen molar-refractivity contribution in [3.8, 4) is 0 Å². The molecule has 30 heavy (non-hydrogen) atoms. The van der Waals surface area contributed by atoms with Crippen molar-refractivity contribution in [3.63, 3.8) is 0 Å². The molecule has 2 N–H and O–H groups in total. The number of rotatable bonds is 5. The maximum absolute atomic E-state index is 12.9. The first-order chi connectivity index (χ1) is 14.8. The zero-order chi connectivity index (χ0) is 20.3. The van der Waals surface area contributed by atoms with E-state index in [4.69, 9.17) is 0 Å². The van der Waals surface area contributed by atoms with Crippen molar-refractivity contribution in [2.75, 3.05) is 19.6 Å². The molecule has 1 aliphatic heterocycles. The Morgan fingerprint density at radius 3 is 2.67 bits per heavy atom. The predicted octanol–water partition coefficient (Wildman–Crippen LogP) is 5.21. The maximum Gasteiger partial charge on any atom is 0.317 e. The second-order valence-electron chi connectivity index (χ2n) is 7.89. The molecule has 0 radical (unpaired) electrons. The number of thiophene rings is 1. The molecule has 0 saturated carbocycles. The molecule has 5 nitrogen and oxygen atoms in total. The van der Waals surface area contributed by atoms with Gasteiger partial charge < -0.3 is 19.8 Å². The largest absolute Gasteiger partial charge is 0.361 e. The molecule has 1 atom stereocenters. The standard InChI is InChI=1S/C24H26N4OS/c29-24(28-13-9-18(10-14-28)27-11-3-4-12-27)26-17-21(23-8-5-15-30-23)20-16-25-22-7-2-1-6-19(20)22/h1-8,11-12,15-16,18,21,25H,9-10,13-14,17H2,(H,26,29). The van der Waals surface area contributed by atoms with Gasteiger partial charge in [-0.1, -0.05) is 24.3 Å². The fourth-order valence-corrected chi connectivity index (χ4v) is 5.34. The second-order valence-corrected chi connectivity index (χ2v) is 8.87. The van der Waals surface area contributed by atoms with Crippen molar-refractivity contribution in [1.29, 1.82) is 0 Å². The third-order valence-electron chi connectivity index (χ3n) is 6.14. The monoisotopic (exact) mass is 418 g/mol. The number of carbonyl (C=O) groups is 1. The number of aromatic nitrogens is 2. The van der Waals surface area contributed by atoms with Crippen molar-refractivity contribution in [1.82, 2.24) is 19.8 Å². The van der Waals surface area contributed by atoms with Crippen LogP contribution in [0.4, 0.5) is 4.79 Å². The van der Waals surface area contributed by atoms with Gasteiger partial charge in [0.1, 0.15) is 0 Å². The molecule has 1 fully saturated rings. The Bertz CT molecular complexity index is 1090. The summed E-state index contributed by atoms with van der Waals surface area (Å²) in [6.45, 7) is 2.19. The number of nitrogens with zero attached hydrogens (tertiary/aromatic N) is 2. The summed E-state index contributed by atoms with van der Waals surface area (Å²) in [6, 6.07) is 17.3. The van der Waals surface area contributed by atoms with Crippen LogP contribution in [0.15, 0.2) is 72.5 Å². The quantitative estimate of drug-likeness (QED) is 0.459. The van der Waals surface area contributed by atoms with Gasteiger partial charge >= 0.3 is 6.03 Å². The Kier molecular flexibility index (Phi) is 5.32. The van der Waals surface area contributed by atoms with Gasteiger partial charge in [-0.3, -0.25) is 0 Å². The number of amides is 2. The van der Waals surface area contributed by atoms with Gasteiger partial charge in [0.2, 0.25) is 0 Å². The summed E-state index contributed by atoms with van der Waals surface area (Å²) in [4.78, 5) is 19.5. The van der Waals surface area contributed by atoms with E-state index >= 15 is 0 Å². The van der Waals surface area contributed by atoms with Gasteiger partial charge in [0.25, 0.3) is 0 Å². The number of fused-ring (bicyclic) bond motifs is 1. The Labute approximate surface area is 180 Å². The van der Waals surface area contributed by atoms with Crippen molar-refractivity contribution in [2.24, 2.45) is 0 Å². The third kappa shape index (κ3) is 3.75. The highest BCUT2D eigenvalue weighted by atomic mass is 32.1. The number of likely N-dealkylation sites (tertiary alicyclic amines) is 1. The van der Waals surface area contributed by atoms with Gasteiger partial charge in [-0.15, -0.1) is 11.3 Å². The van der Waals surface area contributed by atoms with E-state index in [1.165, 1.54) is 15.8 Å². The van der Waals surface area contributed by atoms with E-state index in [0.29, 0.717) is 12.6 Å². The first-order valence-corrected chi connectivity index (χ1v) is 11.4. The van der Waals surface area contributed by atoms with E-state index in [9.17, 15) is 4.79 Å². The summed E-state index contributed by atoms with van der Waals surface area (Å²) in [6.07, 6.45) is 8.32. The van der Waals surface area contributed by atoms with Crippen LogP contribution in [-0.4, -0.2) is 40.1 Å². The summed E-state index contributed by atoms with van der Waals surface area (Å²) >= 11 is 1.74. The number of nitrogens with one attached hydrogen (secondary N) is 2. The van der Waals surface area contributed by atoms with Crippen molar-refractivity contribution >= 4 is 28.3 Å². The minimum atomic E-state index is 0.0438. The normalized spacial score (nSPS) is 16.1. The summed E-state index contributed by atoms with van der Waals surface area (Å²) in [5.41, 5.74) is 2.37. The molecule has 3 aromatic heterocycles. The van der Waals surface area contributed by atoms with Crippen LogP contribution in [-0.2, 0) is 0 Å². The zero-order valence-electron chi connectivity index (χ0n) is 16.8. The van der Waals surface area contributed by atoms with Gasteiger partial charge in [-0.25, -0.2) is 4.79 Å². The SMILES string of the molecule is O=C(NCC(c1cccs1)c1c[nH]c2ccccc12)N1CCC(n2cccc2)CC1. The molecule has 0 aliphatic carbocycles. The molecule has 154 valence electrons. The number of hydrogen-bond acceptors (Lipinski definition) is 2. The summed E-state index contributed by atoms with van der Waals surface area (Å²) in [5, 5.41) is 6.54. The van der Waals surface area contributed by atoms with Crippen LogP contribution in [0.1, 0.15) is 35.2 Å². The second kappa shape index (κ2) is 8.40. The number of piperidine rings is 1. The average Bonchev–Trinajstić information content (AvgIpc) is 3.56. The van der Waals surface area contributed by atoms with E-state index in [0.717, 1.165) is 31.4 Å². The average molecular weight is 419 g/mol. The highest BCUT2D eigenvalue weighted by molar-refractivity contribution is 7.10. The summed E-state index contributed by atoms with van der Waals surface area (Å²) in [5.74, 6) is 0.141. The fourth-order valence-electron chi connectivity index (χ4n) is 4.50. The molecular formula is C24H26N4OS. The first kappa shape index (κ1) is 19.0. The van der Waals surface area contributed by atoms with Gasteiger partial charge in [0.15, 0.2) is 0 Å². The number of hydrogen-bond donors (Lipinski definition) is 2. The summed E-state index contributed by atoms with van der Waals surface area (Å²) < 4.78 is 2.26. The molecule has 4 aromatic rings. The number of aromatic amines is 1. The Balaban J connectivity index is 1.27. The zero-order valence-corrected chi connectivity index (χ0v) is 17.6.